The van der Waals surface area contributed by atoms with Gasteiger partial charge in [-0.05, 0) is 27.2 Å². The van der Waals surface area contributed by atoms with E-state index in [1.807, 2.05) is 0 Å². The van der Waals surface area contributed by atoms with Gasteiger partial charge in [-0.25, -0.2) is 9.48 Å². The van der Waals surface area contributed by atoms with Gasteiger partial charge in [0.1, 0.15) is 11.4 Å². The van der Waals surface area contributed by atoms with Gasteiger partial charge in [0, 0.05) is 12.6 Å². The zero-order valence-electron chi connectivity index (χ0n) is 11.4. The summed E-state index contributed by atoms with van der Waals surface area (Å²) < 4.78 is 44.6. The molecule has 0 bridgehead atoms. The molecule has 1 N–H and O–H groups in total. The first-order valence-corrected chi connectivity index (χ1v) is 6.21. The number of aromatic nitrogens is 2. The Morgan fingerprint density at radius 2 is 2.10 bits per heavy atom. The van der Waals surface area contributed by atoms with E-state index in [9.17, 15) is 18.0 Å². The molecule has 2 heterocycles. The Balaban J connectivity index is 2.28. The Hall–Kier alpha value is -1.73. The predicted octanol–water partition coefficient (Wildman–Crippen LogP) is 2.76. The van der Waals surface area contributed by atoms with Crippen molar-refractivity contribution in [1.82, 2.24) is 9.78 Å². The average Bonchev–Trinajstić information content (AvgIpc) is 2.68. The van der Waals surface area contributed by atoms with Crippen LogP contribution in [-0.2, 0) is 4.74 Å². The molecule has 0 saturated heterocycles. The van der Waals surface area contributed by atoms with Gasteiger partial charge in [-0.1, -0.05) is 0 Å². The smallest absolute Gasteiger partial charge is 0.410 e. The molecule has 1 atom stereocenters. The molecule has 0 aromatic carbocycles. The molecule has 0 radical (unpaired) electrons. The third-order valence-electron chi connectivity index (χ3n) is 2.74. The van der Waals surface area contributed by atoms with Crippen LogP contribution < -0.4 is 5.32 Å². The van der Waals surface area contributed by atoms with E-state index in [1.54, 1.807) is 20.8 Å². The van der Waals surface area contributed by atoms with Crippen molar-refractivity contribution in [3.8, 4) is 0 Å². The minimum absolute atomic E-state index is 0.119. The fourth-order valence-electron chi connectivity index (χ4n) is 1.96. The molecule has 2 rings (SSSR count). The highest BCUT2D eigenvalue weighted by Crippen LogP contribution is 2.37. The van der Waals surface area contributed by atoms with Crippen LogP contribution >= 0.6 is 0 Å². The number of nitrogens with one attached hydrogen (secondary N) is 1. The fraction of sp³-hybridized carbons (Fsp3) is 0.667. The molecule has 0 fully saturated rings. The third kappa shape index (κ3) is 3.05. The minimum Gasteiger partial charge on any atom is -0.455 e. The van der Waals surface area contributed by atoms with Crippen LogP contribution in [0.25, 0.3) is 0 Å². The second-order valence-electron chi connectivity index (χ2n) is 5.63. The molecule has 1 aromatic rings. The molecule has 0 spiro atoms. The SMILES string of the molecule is CC(C)(C)OC(=O)c1cc2n(n1)C(C(F)(F)F)CCN2. The average molecular weight is 291 g/mol. The van der Waals surface area contributed by atoms with E-state index >= 15 is 0 Å². The summed E-state index contributed by atoms with van der Waals surface area (Å²) in [5, 5.41) is 6.54. The lowest BCUT2D eigenvalue weighted by Crippen LogP contribution is -2.34. The Morgan fingerprint density at radius 3 is 2.65 bits per heavy atom. The molecule has 112 valence electrons. The molecule has 5 nitrogen and oxygen atoms in total. The Bertz CT molecular complexity index is 517. The number of halogens is 3. The molecule has 1 aromatic heterocycles. The molecule has 20 heavy (non-hydrogen) atoms. The molecule has 1 aliphatic rings. The fourth-order valence-corrected chi connectivity index (χ4v) is 1.96. The van der Waals surface area contributed by atoms with Crippen molar-refractivity contribution in [3.63, 3.8) is 0 Å². The van der Waals surface area contributed by atoms with E-state index in [0.29, 0.717) is 0 Å². The number of esters is 1. The van der Waals surface area contributed by atoms with Crippen molar-refractivity contribution in [1.29, 1.82) is 0 Å². The Kier molecular flexibility index (Phi) is 3.43. The number of hydrogen-bond donors (Lipinski definition) is 1. The van der Waals surface area contributed by atoms with Crippen LogP contribution in [0.5, 0.6) is 0 Å². The van der Waals surface area contributed by atoms with Crippen molar-refractivity contribution >= 4 is 11.8 Å². The minimum atomic E-state index is -4.39. The van der Waals surface area contributed by atoms with Crippen LogP contribution in [0.2, 0.25) is 0 Å². The number of alkyl halides is 3. The summed E-state index contributed by atoms with van der Waals surface area (Å²) in [6.45, 7) is 5.22. The van der Waals surface area contributed by atoms with E-state index in [-0.39, 0.29) is 24.5 Å². The number of anilines is 1. The van der Waals surface area contributed by atoms with Crippen molar-refractivity contribution in [2.75, 3.05) is 11.9 Å². The van der Waals surface area contributed by atoms with E-state index in [0.717, 1.165) is 4.68 Å². The first-order chi connectivity index (χ1) is 9.08. The second kappa shape index (κ2) is 4.68. The topological polar surface area (TPSA) is 56.2 Å². The number of fused-ring (bicyclic) bond motifs is 1. The number of nitrogens with zero attached hydrogens (tertiary/aromatic N) is 2. The summed E-state index contributed by atoms with van der Waals surface area (Å²) in [7, 11) is 0. The van der Waals surface area contributed by atoms with E-state index < -0.39 is 23.8 Å². The summed E-state index contributed by atoms with van der Waals surface area (Å²) in [6, 6.07) is -0.429. The molecular weight excluding hydrogens is 275 g/mol. The normalized spacial score (nSPS) is 19.2. The van der Waals surface area contributed by atoms with Crippen LogP contribution in [0.3, 0.4) is 0 Å². The van der Waals surface area contributed by atoms with Crippen LogP contribution in [0, 0.1) is 0 Å². The molecular formula is C12H16F3N3O2. The van der Waals surface area contributed by atoms with E-state index in [1.165, 1.54) is 6.07 Å². The van der Waals surface area contributed by atoms with Gasteiger partial charge in [-0.2, -0.15) is 18.3 Å². The summed E-state index contributed by atoms with van der Waals surface area (Å²) in [6.07, 6.45) is -4.51. The van der Waals surface area contributed by atoms with Crippen molar-refractivity contribution in [2.45, 2.75) is 45.0 Å². The van der Waals surface area contributed by atoms with Gasteiger partial charge in [-0.3, -0.25) is 0 Å². The Morgan fingerprint density at radius 1 is 1.45 bits per heavy atom. The molecule has 8 heteroatoms. The van der Waals surface area contributed by atoms with Gasteiger partial charge in [0.2, 0.25) is 0 Å². The maximum Gasteiger partial charge on any atom is 0.410 e. The van der Waals surface area contributed by atoms with Crippen molar-refractivity contribution in [2.24, 2.45) is 0 Å². The quantitative estimate of drug-likeness (QED) is 0.808. The largest absolute Gasteiger partial charge is 0.455 e. The van der Waals surface area contributed by atoms with Gasteiger partial charge in [0.15, 0.2) is 11.7 Å². The highest BCUT2D eigenvalue weighted by atomic mass is 19.4. The summed E-state index contributed by atoms with van der Waals surface area (Å²) in [5.41, 5.74) is -0.850. The summed E-state index contributed by atoms with van der Waals surface area (Å²) >= 11 is 0. The lowest BCUT2D eigenvalue weighted by atomic mass is 10.1. The van der Waals surface area contributed by atoms with Crippen molar-refractivity contribution in [3.05, 3.63) is 11.8 Å². The molecule has 0 aliphatic carbocycles. The molecule has 0 amide bonds. The summed E-state index contributed by atoms with van der Waals surface area (Å²) in [5.74, 6) is -0.554. The van der Waals surface area contributed by atoms with Gasteiger partial charge in [0.05, 0.1) is 0 Å². The molecule has 0 saturated carbocycles. The van der Waals surface area contributed by atoms with Gasteiger partial charge in [0.25, 0.3) is 0 Å². The lowest BCUT2D eigenvalue weighted by molar-refractivity contribution is -0.171. The number of hydrogen-bond acceptors (Lipinski definition) is 4. The van der Waals surface area contributed by atoms with Crippen LogP contribution in [0.15, 0.2) is 6.07 Å². The first-order valence-electron chi connectivity index (χ1n) is 6.21. The second-order valence-corrected chi connectivity index (χ2v) is 5.63. The zero-order chi connectivity index (χ0) is 15.1. The number of ether oxygens (including phenoxy) is 1. The lowest BCUT2D eigenvalue weighted by Gasteiger charge is -2.27. The number of carbonyl (C=O) groups excluding carboxylic acids is 1. The predicted molar refractivity (Wildman–Crippen MR) is 65.6 cm³/mol. The number of carbonyl (C=O) groups is 1. The van der Waals surface area contributed by atoms with E-state index in [4.69, 9.17) is 4.74 Å². The van der Waals surface area contributed by atoms with Crippen LogP contribution in [0.1, 0.15) is 43.7 Å². The van der Waals surface area contributed by atoms with Crippen molar-refractivity contribution < 1.29 is 22.7 Å². The monoisotopic (exact) mass is 291 g/mol. The molecule has 1 unspecified atom stereocenters. The van der Waals surface area contributed by atoms with E-state index in [2.05, 4.69) is 10.4 Å². The van der Waals surface area contributed by atoms with Gasteiger partial charge in [-0.15, -0.1) is 0 Å². The maximum absolute atomic E-state index is 12.9. The maximum atomic E-state index is 12.9. The van der Waals surface area contributed by atoms with Crippen LogP contribution in [-0.4, -0.2) is 34.1 Å². The Labute approximate surface area is 114 Å². The van der Waals surface area contributed by atoms with Gasteiger partial charge < -0.3 is 10.1 Å². The van der Waals surface area contributed by atoms with Crippen LogP contribution in [0.4, 0.5) is 19.0 Å². The first kappa shape index (κ1) is 14.7. The standard InChI is InChI=1S/C12H16F3N3O2/c1-11(2,3)20-10(19)7-6-9-16-5-4-8(12(13,14)15)18(9)17-7/h6,8,16H,4-5H2,1-3H3. The highest BCUT2D eigenvalue weighted by Gasteiger charge is 2.44. The number of rotatable bonds is 1. The zero-order valence-corrected chi connectivity index (χ0v) is 11.4. The summed E-state index contributed by atoms with van der Waals surface area (Å²) in [4.78, 5) is 11.8. The molecule has 1 aliphatic heterocycles. The van der Waals surface area contributed by atoms with Gasteiger partial charge >= 0.3 is 12.1 Å². The highest BCUT2D eigenvalue weighted by molar-refractivity contribution is 5.88. The third-order valence-corrected chi connectivity index (χ3v) is 2.74.